The van der Waals surface area contributed by atoms with Crippen molar-refractivity contribution in [3.05, 3.63) is 47.5 Å². The number of carbonyl (C=O) groups is 1. The fraction of sp³-hybridized carbons (Fsp3) is 0.312. The van der Waals surface area contributed by atoms with Crippen LogP contribution in [0.1, 0.15) is 36.7 Å². The molecule has 2 aromatic rings. The molecule has 0 fully saturated rings. The second kappa shape index (κ2) is 4.70. The van der Waals surface area contributed by atoms with Crippen molar-refractivity contribution in [2.24, 2.45) is 5.92 Å². The van der Waals surface area contributed by atoms with E-state index >= 15 is 0 Å². The molecule has 0 unspecified atom stereocenters. The first kappa shape index (κ1) is 11.8. The number of Topliss-reactive ketones (excluding diaryl/α,β-unsaturated/α-hetero) is 1. The van der Waals surface area contributed by atoms with Gasteiger partial charge in [0.05, 0.1) is 0 Å². The van der Waals surface area contributed by atoms with Crippen molar-refractivity contribution in [1.82, 2.24) is 0 Å². The molecule has 1 heteroatoms. The van der Waals surface area contributed by atoms with Crippen LogP contribution in [0.3, 0.4) is 0 Å². The highest BCUT2D eigenvalue weighted by molar-refractivity contribution is 6.07. The fourth-order valence-electron chi connectivity index (χ4n) is 2.24. The van der Waals surface area contributed by atoms with Crippen LogP contribution in [0.4, 0.5) is 0 Å². The van der Waals surface area contributed by atoms with Crippen molar-refractivity contribution in [3.8, 4) is 0 Å². The fourth-order valence-corrected chi connectivity index (χ4v) is 2.24. The first-order chi connectivity index (χ1) is 8.08. The third-order valence-electron chi connectivity index (χ3n) is 2.97. The van der Waals surface area contributed by atoms with E-state index < -0.39 is 0 Å². The molecule has 1 nitrogen and oxygen atoms in total. The number of hydrogen-bond acceptors (Lipinski definition) is 1. The Balaban J connectivity index is 2.53. The lowest BCUT2D eigenvalue weighted by Crippen LogP contribution is -1.96. The van der Waals surface area contributed by atoms with E-state index in [0.29, 0.717) is 5.92 Å². The maximum absolute atomic E-state index is 11.5. The van der Waals surface area contributed by atoms with E-state index in [-0.39, 0.29) is 5.78 Å². The van der Waals surface area contributed by atoms with Crippen molar-refractivity contribution in [3.63, 3.8) is 0 Å². The normalized spacial score (nSPS) is 11.1. The van der Waals surface area contributed by atoms with Gasteiger partial charge in [0.25, 0.3) is 0 Å². The van der Waals surface area contributed by atoms with E-state index in [2.05, 4.69) is 38.1 Å². The van der Waals surface area contributed by atoms with Gasteiger partial charge >= 0.3 is 0 Å². The Kier molecular flexibility index (Phi) is 3.28. The molecule has 88 valence electrons. The number of ketones is 1. The molecule has 0 saturated carbocycles. The Morgan fingerprint density at radius 3 is 2.59 bits per heavy atom. The van der Waals surface area contributed by atoms with Gasteiger partial charge < -0.3 is 0 Å². The Labute approximate surface area is 102 Å². The Hall–Kier alpha value is -1.63. The second-order valence-electron chi connectivity index (χ2n) is 5.02. The molecule has 0 amide bonds. The van der Waals surface area contributed by atoms with Gasteiger partial charge in [-0.15, -0.1) is 0 Å². The van der Waals surface area contributed by atoms with Crippen LogP contribution in [0, 0.1) is 5.92 Å². The summed E-state index contributed by atoms with van der Waals surface area (Å²) in [5, 5.41) is 2.23. The predicted molar refractivity (Wildman–Crippen MR) is 72.5 cm³/mol. The monoisotopic (exact) mass is 226 g/mol. The lowest BCUT2D eigenvalue weighted by atomic mass is 9.96. The molecule has 2 rings (SSSR count). The van der Waals surface area contributed by atoms with Gasteiger partial charge in [0.1, 0.15) is 0 Å². The minimum atomic E-state index is 0.132. The summed E-state index contributed by atoms with van der Waals surface area (Å²) in [5.74, 6) is 0.788. The van der Waals surface area contributed by atoms with Crippen LogP contribution < -0.4 is 0 Å². The van der Waals surface area contributed by atoms with Crippen molar-refractivity contribution < 1.29 is 4.79 Å². The van der Waals surface area contributed by atoms with Gasteiger partial charge in [-0.05, 0) is 35.6 Å². The van der Waals surface area contributed by atoms with Crippen LogP contribution in [0.25, 0.3) is 10.8 Å². The lowest BCUT2D eigenvalue weighted by molar-refractivity contribution is 0.101. The highest BCUT2D eigenvalue weighted by atomic mass is 16.1. The highest BCUT2D eigenvalue weighted by Gasteiger charge is 2.06. The molecule has 0 N–H and O–H groups in total. The third kappa shape index (κ3) is 2.55. The number of carbonyl (C=O) groups excluding carboxylic acids is 1. The van der Waals surface area contributed by atoms with Crippen LogP contribution in [0.5, 0.6) is 0 Å². The summed E-state index contributed by atoms with van der Waals surface area (Å²) in [6.07, 6.45) is 1.08. The molecular weight excluding hydrogens is 208 g/mol. The van der Waals surface area contributed by atoms with Gasteiger partial charge in [-0.1, -0.05) is 50.2 Å². The van der Waals surface area contributed by atoms with Crippen molar-refractivity contribution in [1.29, 1.82) is 0 Å². The molecular formula is C16H18O. The van der Waals surface area contributed by atoms with Crippen molar-refractivity contribution in [2.45, 2.75) is 27.2 Å². The molecule has 0 aliphatic heterocycles. The average molecular weight is 226 g/mol. The predicted octanol–water partition coefficient (Wildman–Crippen LogP) is 4.24. The number of benzene rings is 2. The van der Waals surface area contributed by atoms with Crippen LogP contribution in [0.2, 0.25) is 0 Å². The standard InChI is InChI=1S/C16H18O/c1-11(2)9-13-7-8-16-14(10-13)5-4-6-15(16)12(3)17/h4-8,10-11H,9H2,1-3H3. The maximum Gasteiger partial charge on any atom is 0.160 e. The van der Waals surface area contributed by atoms with Gasteiger partial charge in [-0.2, -0.15) is 0 Å². The zero-order valence-corrected chi connectivity index (χ0v) is 10.7. The second-order valence-corrected chi connectivity index (χ2v) is 5.02. The first-order valence-corrected chi connectivity index (χ1v) is 6.10. The van der Waals surface area contributed by atoms with E-state index in [4.69, 9.17) is 0 Å². The molecule has 0 saturated heterocycles. The minimum Gasteiger partial charge on any atom is -0.294 e. The molecule has 0 radical (unpaired) electrons. The number of fused-ring (bicyclic) bond motifs is 1. The van der Waals surface area contributed by atoms with Gasteiger partial charge in [0, 0.05) is 5.56 Å². The number of rotatable bonds is 3. The zero-order valence-electron chi connectivity index (χ0n) is 10.7. The van der Waals surface area contributed by atoms with Crippen molar-refractivity contribution in [2.75, 3.05) is 0 Å². The largest absolute Gasteiger partial charge is 0.294 e. The SMILES string of the molecule is CC(=O)c1cccc2cc(CC(C)C)ccc12. The Morgan fingerprint density at radius 2 is 1.94 bits per heavy atom. The summed E-state index contributed by atoms with van der Waals surface area (Å²) >= 11 is 0. The minimum absolute atomic E-state index is 0.132. The van der Waals surface area contributed by atoms with Crippen LogP contribution in [-0.4, -0.2) is 5.78 Å². The van der Waals surface area contributed by atoms with Crippen LogP contribution >= 0.6 is 0 Å². The van der Waals surface area contributed by atoms with E-state index in [1.165, 1.54) is 5.56 Å². The summed E-state index contributed by atoms with van der Waals surface area (Å²) < 4.78 is 0. The molecule has 0 atom stereocenters. The zero-order chi connectivity index (χ0) is 12.4. The third-order valence-corrected chi connectivity index (χ3v) is 2.97. The lowest BCUT2D eigenvalue weighted by Gasteiger charge is -2.08. The topological polar surface area (TPSA) is 17.1 Å². The Bertz CT molecular complexity index is 552. The summed E-state index contributed by atoms with van der Waals surface area (Å²) in [6.45, 7) is 6.06. The summed E-state index contributed by atoms with van der Waals surface area (Å²) in [6, 6.07) is 12.3. The highest BCUT2D eigenvalue weighted by Crippen LogP contribution is 2.22. The van der Waals surface area contributed by atoms with Gasteiger partial charge in [-0.3, -0.25) is 4.79 Å². The molecule has 17 heavy (non-hydrogen) atoms. The summed E-state index contributed by atoms with van der Waals surface area (Å²) in [4.78, 5) is 11.5. The average Bonchev–Trinajstić information content (AvgIpc) is 2.26. The molecule has 2 aromatic carbocycles. The van der Waals surface area contributed by atoms with Gasteiger partial charge in [0.15, 0.2) is 5.78 Å². The number of hydrogen-bond donors (Lipinski definition) is 0. The quantitative estimate of drug-likeness (QED) is 0.715. The van der Waals surface area contributed by atoms with E-state index in [1.807, 2.05) is 12.1 Å². The molecule has 0 spiro atoms. The molecule has 0 aliphatic rings. The van der Waals surface area contributed by atoms with E-state index in [1.54, 1.807) is 6.92 Å². The summed E-state index contributed by atoms with van der Waals surface area (Å²) in [7, 11) is 0. The molecule has 0 bridgehead atoms. The van der Waals surface area contributed by atoms with E-state index in [0.717, 1.165) is 22.8 Å². The smallest absolute Gasteiger partial charge is 0.160 e. The molecule has 0 aliphatic carbocycles. The van der Waals surface area contributed by atoms with Crippen molar-refractivity contribution >= 4 is 16.6 Å². The molecule has 0 heterocycles. The van der Waals surface area contributed by atoms with E-state index in [9.17, 15) is 4.79 Å². The maximum atomic E-state index is 11.5. The van der Waals surface area contributed by atoms with Crippen LogP contribution in [0.15, 0.2) is 36.4 Å². The molecule has 0 aromatic heterocycles. The van der Waals surface area contributed by atoms with Gasteiger partial charge in [-0.25, -0.2) is 0 Å². The summed E-state index contributed by atoms with van der Waals surface area (Å²) in [5.41, 5.74) is 2.16. The van der Waals surface area contributed by atoms with Crippen LogP contribution in [-0.2, 0) is 6.42 Å². The first-order valence-electron chi connectivity index (χ1n) is 6.10. The Morgan fingerprint density at radius 1 is 1.18 bits per heavy atom. The van der Waals surface area contributed by atoms with Gasteiger partial charge in [0.2, 0.25) is 0 Å².